The normalized spacial score (nSPS) is 15.1. The van der Waals surface area contributed by atoms with E-state index in [9.17, 15) is 14.9 Å². The lowest BCUT2D eigenvalue weighted by molar-refractivity contribution is -0.140. The summed E-state index contributed by atoms with van der Waals surface area (Å²) < 4.78 is 1.75. The van der Waals surface area contributed by atoms with Crippen LogP contribution in [0.3, 0.4) is 0 Å². The van der Waals surface area contributed by atoms with Gasteiger partial charge in [-0.25, -0.2) is 4.68 Å². The number of hydrogen-bond acceptors (Lipinski definition) is 4. The maximum Gasteiger partial charge on any atom is 0.271 e. The third kappa shape index (κ3) is 4.96. The van der Waals surface area contributed by atoms with Gasteiger partial charge in [-0.05, 0) is 49.3 Å². The maximum atomic E-state index is 13.4. The van der Waals surface area contributed by atoms with Gasteiger partial charge in [0.1, 0.15) is 11.6 Å². The summed E-state index contributed by atoms with van der Waals surface area (Å²) in [5.74, 6) is -0.918. The van der Waals surface area contributed by atoms with Crippen molar-refractivity contribution in [2.45, 2.75) is 33.1 Å². The van der Waals surface area contributed by atoms with Crippen molar-refractivity contribution in [3.63, 3.8) is 0 Å². The summed E-state index contributed by atoms with van der Waals surface area (Å²) in [6.07, 6.45) is 6.12. The van der Waals surface area contributed by atoms with Crippen molar-refractivity contribution in [2.75, 3.05) is 6.54 Å². The number of benzene rings is 2. The van der Waals surface area contributed by atoms with Gasteiger partial charge in [-0.1, -0.05) is 61.7 Å². The zero-order valence-corrected chi connectivity index (χ0v) is 20.4. The molecular formula is C28H25ClN4O2. The molecule has 1 aromatic heterocycles. The molecule has 0 bridgehead atoms. The summed E-state index contributed by atoms with van der Waals surface area (Å²) >= 11 is 6.09. The first-order valence-electron chi connectivity index (χ1n) is 11.5. The van der Waals surface area contributed by atoms with Gasteiger partial charge in [0, 0.05) is 34.5 Å². The minimum Gasteiger partial charge on any atom is -0.274 e. The molecule has 7 heteroatoms. The average molecular weight is 485 g/mol. The summed E-state index contributed by atoms with van der Waals surface area (Å²) in [6.45, 7) is 3.99. The Balaban J connectivity index is 1.86. The second-order valence-electron chi connectivity index (χ2n) is 8.36. The SMILES string of the molecule is CCCCCN1C(=O)C(C#N)=C(C)/C(=C\c2cn(-c3ccccc3)nc2-c2ccc(Cl)cc2)C1=O. The quantitative estimate of drug-likeness (QED) is 0.235. The Morgan fingerprint density at radius 2 is 1.74 bits per heavy atom. The second kappa shape index (κ2) is 10.5. The van der Waals surface area contributed by atoms with E-state index >= 15 is 0 Å². The minimum absolute atomic E-state index is 0.00385. The van der Waals surface area contributed by atoms with Gasteiger partial charge in [-0.15, -0.1) is 0 Å². The lowest BCUT2D eigenvalue weighted by atomic mass is 9.93. The van der Waals surface area contributed by atoms with E-state index in [0.29, 0.717) is 33.8 Å². The lowest BCUT2D eigenvalue weighted by Gasteiger charge is -2.27. The molecule has 2 heterocycles. The Morgan fingerprint density at radius 3 is 2.40 bits per heavy atom. The van der Waals surface area contributed by atoms with Crippen LogP contribution in [0.4, 0.5) is 0 Å². The van der Waals surface area contributed by atoms with Crippen molar-refractivity contribution in [3.05, 3.63) is 88.1 Å². The van der Waals surface area contributed by atoms with Crippen LogP contribution in [0, 0.1) is 11.3 Å². The number of para-hydroxylation sites is 1. The van der Waals surface area contributed by atoms with Gasteiger partial charge in [-0.3, -0.25) is 14.5 Å². The zero-order valence-electron chi connectivity index (χ0n) is 19.7. The standard InChI is InChI=1S/C28H25ClN4O2/c1-3-4-8-15-32-27(34)24(19(2)25(17-30)28(32)35)16-21-18-33(23-9-6-5-7-10-23)31-26(21)20-11-13-22(29)14-12-20/h5-7,9-14,16,18H,3-4,8,15H2,1-2H3/b24-16+. The molecule has 0 spiro atoms. The molecule has 1 aliphatic heterocycles. The predicted octanol–water partition coefficient (Wildman–Crippen LogP) is 5.98. The number of carbonyl (C=O) groups excluding carboxylic acids is 2. The van der Waals surface area contributed by atoms with Crippen LogP contribution < -0.4 is 0 Å². The highest BCUT2D eigenvalue weighted by Gasteiger charge is 2.35. The van der Waals surface area contributed by atoms with Gasteiger partial charge in [0.15, 0.2) is 0 Å². The Labute approximate surface area is 209 Å². The smallest absolute Gasteiger partial charge is 0.271 e. The summed E-state index contributed by atoms with van der Waals surface area (Å²) in [4.78, 5) is 27.5. The number of unbranched alkanes of at least 4 members (excludes halogenated alkanes) is 2. The molecule has 4 rings (SSSR count). The summed E-state index contributed by atoms with van der Waals surface area (Å²) in [7, 11) is 0. The highest BCUT2D eigenvalue weighted by molar-refractivity contribution is 6.30. The Hall–Kier alpha value is -3.95. The fourth-order valence-corrected chi connectivity index (χ4v) is 4.17. The van der Waals surface area contributed by atoms with E-state index < -0.39 is 11.8 Å². The molecule has 2 aromatic carbocycles. The van der Waals surface area contributed by atoms with Crippen LogP contribution >= 0.6 is 11.6 Å². The maximum absolute atomic E-state index is 13.4. The van der Waals surface area contributed by atoms with Crippen LogP contribution in [0.5, 0.6) is 0 Å². The molecule has 176 valence electrons. The number of amides is 2. The number of nitriles is 1. The van der Waals surface area contributed by atoms with Crippen molar-refractivity contribution in [1.29, 1.82) is 5.26 Å². The number of hydrogen-bond donors (Lipinski definition) is 0. The van der Waals surface area contributed by atoms with Crippen LogP contribution in [-0.4, -0.2) is 33.0 Å². The van der Waals surface area contributed by atoms with Gasteiger partial charge in [-0.2, -0.15) is 10.4 Å². The number of carbonyl (C=O) groups is 2. The molecule has 0 unspecified atom stereocenters. The molecule has 6 nitrogen and oxygen atoms in total. The second-order valence-corrected chi connectivity index (χ2v) is 8.80. The monoisotopic (exact) mass is 484 g/mol. The fourth-order valence-electron chi connectivity index (χ4n) is 4.05. The number of imide groups is 1. The molecule has 0 saturated heterocycles. The van der Waals surface area contributed by atoms with Crippen molar-refractivity contribution in [2.24, 2.45) is 0 Å². The molecule has 35 heavy (non-hydrogen) atoms. The van der Waals surface area contributed by atoms with E-state index in [4.69, 9.17) is 16.7 Å². The summed E-state index contributed by atoms with van der Waals surface area (Å²) in [5.41, 5.74) is 3.74. The highest BCUT2D eigenvalue weighted by Crippen LogP contribution is 2.31. The zero-order chi connectivity index (χ0) is 24.9. The number of rotatable bonds is 7. The van der Waals surface area contributed by atoms with E-state index in [1.165, 1.54) is 4.90 Å². The average Bonchev–Trinajstić information content (AvgIpc) is 3.29. The van der Waals surface area contributed by atoms with Gasteiger partial charge < -0.3 is 0 Å². The van der Waals surface area contributed by atoms with Crippen LogP contribution in [-0.2, 0) is 9.59 Å². The van der Waals surface area contributed by atoms with Gasteiger partial charge in [0.05, 0.1) is 11.4 Å². The first kappa shape index (κ1) is 24.2. The molecule has 2 amide bonds. The molecule has 1 aliphatic rings. The highest BCUT2D eigenvalue weighted by atomic mass is 35.5. The summed E-state index contributed by atoms with van der Waals surface area (Å²) in [5, 5.41) is 15.1. The van der Waals surface area contributed by atoms with E-state index in [2.05, 4.69) is 6.92 Å². The van der Waals surface area contributed by atoms with Crippen molar-refractivity contribution < 1.29 is 9.59 Å². The molecule has 0 fully saturated rings. The van der Waals surface area contributed by atoms with Gasteiger partial charge >= 0.3 is 0 Å². The molecule has 0 saturated carbocycles. The first-order chi connectivity index (χ1) is 16.9. The van der Waals surface area contributed by atoms with Crippen LogP contribution in [0.2, 0.25) is 5.02 Å². The lowest BCUT2D eigenvalue weighted by Crippen LogP contribution is -2.43. The molecule has 0 radical (unpaired) electrons. The fraction of sp³-hybridized carbons (Fsp3) is 0.214. The Bertz CT molecular complexity index is 1360. The van der Waals surface area contributed by atoms with E-state index in [0.717, 1.165) is 24.1 Å². The van der Waals surface area contributed by atoms with Crippen molar-refractivity contribution in [3.8, 4) is 23.0 Å². The third-order valence-corrected chi connectivity index (χ3v) is 6.24. The van der Waals surface area contributed by atoms with Gasteiger partial charge in [0.25, 0.3) is 11.8 Å². The molecule has 0 N–H and O–H groups in total. The van der Waals surface area contributed by atoms with Gasteiger partial charge in [0.2, 0.25) is 0 Å². The molecule has 0 atom stereocenters. The largest absolute Gasteiger partial charge is 0.274 e. The third-order valence-electron chi connectivity index (χ3n) is 5.99. The topological polar surface area (TPSA) is 79.0 Å². The Morgan fingerprint density at radius 1 is 1.03 bits per heavy atom. The van der Waals surface area contributed by atoms with Crippen molar-refractivity contribution >= 4 is 29.5 Å². The van der Waals surface area contributed by atoms with Crippen LogP contribution in [0.15, 0.2) is 77.5 Å². The molecule has 0 aliphatic carbocycles. The number of halogens is 1. The predicted molar refractivity (Wildman–Crippen MR) is 137 cm³/mol. The van der Waals surface area contributed by atoms with Crippen LogP contribution in [0.25, 0.3) is 23.0 Å². The van der Waals surface area contributed by atoms with E-state index in [1.54, 1.807) is 29.8 Å². The molecular weight excluding hydrogens is 460 g/mol. The van der Waals surface area contributed by atoms with E-state index in [-0.39, 0.29) is 12.1 Å². The van der Waals surface area contributed by atoms with E-state index in [1.807, 2.05) is 54.7 Å². The first-order valence-corrected chi connectivity index (χ1v) is 11.9. The number of aromatic nitrogens is 2. The molecule has 3 aromatic rings. The van der Waals surface area contributed by atoms with Crippen LogP contribution in [0.1, 0.15) is 38.7 Å². The summed E-state index contributed by atoms with van der Waals surface area (Å²) in [6, 6.07) is 19.0. The van der Waals surface area contributed by atoms with Crippen molar-refractivity contribution in [1.82, 2.24) is 14.7 Å². The Kier molecular flexibility index (Phi) is 7.28. The number of nitrogens with zero attached hydrogens (tertiary/aromatic N) is 4. The minimum atomic E-state index is -0.527.